The fraction of sp³-hybridized carbons (Fsp3) is 0.211. The third-order valence-corrected chi connectivity index (χ3v) is 3.79. The Morgan fingerprint density at radius 2 is 1.48 bits per heavy atom. The van der Waals surface area contributed by atoms with Gasteiger partial charge in [-0.25, -0.2) is 0 Å². The molecule has 0 N–H and O–H groups in total. The van der Waals surface area contributed by atoms with Crippen molar-refractivity contribution in [3.63, 3.8) is 0 Å². The summed E-state index contributed by atoms with van der Waals surface area (Å²) in [4.78, 5) is 13.0. The fourth-order valence-corrected chi connectivity index (χ4v) is 2.81. The molecule has 2 aromatic rings. The van der Waals surface area contributed by atoms with E-state index in [-0.39, 0.29) is 12.0 Å². The van der Waals surface area contributed by atoms with Gasteiger partial charge in [0, 0.05) is 5.56 Å². The van der Waals surface area contributed by atoms with Crippen molar-refractivity contribution in [1.29, 1.82) is 0 Å². The van der Waals surface area contributed by atoms with Crippen LogP contribution in [0.4, 0.5) is 13.2 Å². The molecule has 1 atom stereocenters. The Balaban J connectivity index is 2.61. The van der Waals surface area contributed by atoms with Crippen molar-refractivity contribution < 1.29 is 18.0 Å². The Kier molecular flexibility index (Phi) is 5.04. The Bertz CT molecular complexity index is 662. The molecule has 0 bridgehead atoms. The molecule has 0 amide bonds. The van der Waals surface area contributed by atoms with Crippen molar-refractivity contribution in [2.24, 2.45) is 0 Å². The van der Waals surface area contributed by atoms with Gasteiger partial charge in [-0.05, 0) is 12.0 Å². The molecule has 4 heteroatoms. The normalized spacial score (nSPS) is 14.0. The first-order valence-electron chi connectivity index (χ1n) is 7.22. The molecule has 0 saturated carbocycles. The lowest BCUT2D eigenvalue weighted by Gasteiger charge is -2.33. The fourth-order valence-electron chi connectivity index (χ4n) is 2.81. The summed E-state index contributed by atoms with van der Waals surface area (Å²) in [5, 5.41) is 0. The molecule has 0 aromatic heterocycles. The average molecular weight is 318 g/mol. The minimum atomic E-state index is -4.47. The van der Waals surface area contributed by atoms with Crippen LogP contribution in [0.3, 0.4) is 0 Å². The summed E-state index contributed by atoms with van der Waals surface area (Å²) in [7, 11) is 0. The standard InChI is InChI=1S/C19H17F3O/c1-2-13-18(14-19(20,21)22,16-11-7-4-8-12-16)17(23)15-9-5-3-6-10-15/h2-12H,1,13-14H2/t18-/m0/s1. The summed E-state index contributed by atoms with van der Waals surface area (Å²) in [6, 6.07) is 16.2. The minimum absolute atomic E-state index is 0.0791. The van der Waals surface area contributed by atoms with Crippen LogP contribution >= 0.6 is 0 Å². The van der Waals surface area contributed by atoms with Crippen LogP contribution in [0, 0.1) is 0 Å². The lowest BCUT2D eigenvalue weighted by atomic mass is 9.69. The monoisotopic (exact) mass is 318 g/mol. The van der Waals surface area contributed by atoms with E-state index in [1.54, 1.807) is 60.7 Å². The van der Waals surface area contributed by atoms with Crippen LogP contribution in [0.5, 0.6) is 0 Å². The number of allylic oxidation sites excluding steroid dienone is 1. The highest BCUT2D eigenvalue weighted by Crippen LogP contribution is 2.42. The first kappa shape index (κ1) is 17.0. The van der Waals surface area contributed by atoms with Crippen LogP contribution < -0.4 is 0 Å². The Morgan fingerprint density at radius 3 is 1.96 bits per heavy atom. The smallest absolute Gasteiger partial charge is 0.293 e. The van der Waals surface area contributed by atoms with Crippen molar-refractivity contribution in [2.45, 2.75) is 24.4 Å². The topological polar surface area (TPSA) is 17.1 Å². The molecule has 0 fully saturated rings. The number of ketones is 1. The molecule has 0 radical (unpaired) electrons. The Morgan fingerprint density at radius 1 is 0.957 bits per heavy atom. The van der Waals surface area contributed by atoms with Gasteiger partial charge in [-0.3, -0.25) is 4.79 Å². The van der Waals surface area contributed by atoms with E-state index in [1.807, 2.05) is 0 Å². The summed E-state index contributed by atoms with van der Waals surface area (Å²) in [6.07, 6.45) is -4.39. The highest BCUT2D eigenvalue weighted by molar-refractivity contribution is 6.04. The molecular weight excluding hydrogens is 301 g/mol. The lowest BCUT2D eigenvalue weighted by Crippen LogP contribution is -2.40. The van der Waals surface area contributed by atoms with Gasteiger partial charge in [0.05, 0.1) is 11.8 Å². The quantitative estimate of drug-likeness (QED) is 0.519. The second-order valence-electron chi connectivity index (χ2n) is 5.43. The second-order valence-corrected chi connectivity index (χ2v) is 5.43. The zero-order valence-electron chi connectivity index (χ0n) is 12.5. The van der Waals surface area contributed by atoms with Crippen LogP contribution in [0.2, 0.25) is 0 Å². The zero-order valence-corrected chi connectivity index (χ0v) is 12.5. The third kappa shape index (κ3) is 3.89. The molecule has 23 heavy (non-hydrogen) atoms. The predicted octanol–water partition coefficient (Wildman–Crippen LogP) is 5.34. The molecule has 1 nitrogen and oxygen atoms in total. The number of carbonyl (C=O) groups is 1. The Labute approximate surface area is 133 Å². The van der Waals surface area contributed by atoms with Crippen LogP contribution in [0.15, 0.2) is 73.3 Å². The number of halogens is 3. The molecule has 2 aromatic carbocycles. The van der Waals surface area contributed by atoms with Gasteiger partial charge in [-0.2, -0.15) is 13.2 Å². The van der Waals surface area contributed by atoms with E-state index in [9.17, 15) is 18.0 Å². The van der Waals surface area contributed by atoms with Gasteiger partial charge < -0.3 is 0 Å². The molecule has 0 aliphatic heterocycles. The Hall–Kier alpha value is -2.36. The maximum absolute atomic E-state index is 13.2. The van der Waals surface area contributed by atoms with Crippen LogP contribution in [-0.4, -0.2) is 12.0 Å². The molecule has 0 unspecified atom stereocenters. The molecular formula is C19H17F3O. The number of hydrogen-bond acceptors (Lipinski definition) is 1. The van der Waals surface area contributed by atoms with E-state index in [1.165, 1.54) is 6.08 Å². The van der Waals surface area contributed by atoms with Crippen molar-refractivity contribution >= 4 is 5.78 Å². The first-order valence-corrected chi connectivity index (χ1v) is 7.22. The largest absolute Gasteiger partial charge is 0.390 e. The van der Waals surface area contributed by atoms with E-state index < -0.39 is 23.8 Å². The van der Waals surface area contributed by atoms with Gasteiger partial charge in [0.2, 0.25) is 0 Å². The van der Waals surface area contributed by atoms with Crippen molar-refractivity contribution in [1.82, 2.24) is 0 Å². The second kappa shape index (κ2) is 6.82. The zero-order chi connectivity index (χ0) is 16.9. The summed E-state index contributed by atoms with van der Waals surface area (Å²) >= 11 is 0. The van der Waals surface area contributed by atoms with E-state index in [2.05, 4.69) is 6.58 Å². The van der Waals surface area contributed by atoms with Crippen molar-refractivity contribution in [2.75, 3.05) is 0 Å². The molecule has 2 rings (SSSR count). The minimum Gasteiger partial charge on any atom is -0.293 e. The summed E-state index contributed by atoms with van der Waals surface area (Å²) in [5.41, 5.74) is -1.07. The molecule has 0 aliphatic rings. The van der Waals surface area contributed by atoms with Crippen LogP contribution in [0.25, 0.3) is 0 Å². The van der Waals surface area contributed by atoms with Gasteiger partial charge in [0.1, 0.15) is 0 Å². The van der Waals surface area contributed by atoms with E-state index >= 15 is 0 Å². The summed E-state index contributed by atoms with van der Waals surface area (Å²) in [6.45, 7) is 3.56. The highest BCUT2D eigenvalue weighted by Gasteiger charge is 2.48. The molecule has 0 aliphatic carbocycles. The van der Waals surface area contributed by atoms with Crippen molar-refractivity contribution in [3.8, 4) is 0 Å². The van der Waals surface area contributed by atoms with Gasteiger partial charge in [0.25, 0.3) is 0 Å². The maximum atomic E-state index is 13.2. The van der Waals surface area contributed by atoms with E-state index in [0.717, 1.165) is 0 Å². The number of alkyl halides is 3. The van der Waals surface area contributed by atoms with Gasteiger partial charge in [-0.1, -0.05) is 66.7 Å². The first-order chi connectivity index (χ1) is 10.9. The number of benzene rings is 2. The molecule has 0 saturated heterocycles. The summed E-state index contributed by atoms with van der Waals surface area (Å²) in [5.74, 6) is -0.540. The van der Waals surface area contributed by atoms with Gasteiger partial charge >= 0.3 is 6.18 Å². The number of rotatable bonds is 6. The predicted molar refractivity (Wildman–Crippen MR) is 84.4 cm³/mol. The molecule has 120 valence electrons. The summed E-state index contributed by atoms with van der Waals surface area (Å²) < 4.78 is 39.7. The molecule has 0 spiro atoms. The van der Waals surface area contributed by atoms with Crippen LogP contribution in [0.1, 0.15) is 28.8 Å². The highest BCUT2D eigenvalue weighted by atomic mass is 19.4. The number of hydrogen-bond donors (Lipinski definition) is 0. The van der Waals surface area contributed by atoms with Crippen LogP contribution in [-0.2, 0) is 5.41 Å². The van der Waals surface area contributed by atoms with E-state index in [4.69, 9.17) is 0 Å². The van der Waals surface area contributed by atoms with E-state index in [0.29, 0.717) is 5.56 Å². The third-order valence-electron chi connectivity index (χ3n) is 3.79. The lowest BCUT2D eigenvalue weighted by molar-refractivity contribution is -0.144. The number of carbonyl (C=O) groups excluding carboxylic acids is 1. The SMILES string of the molecule is C=CC[C@@](CC(F)(F)F)(C(=O)c1ccccc1)c1ccccc1. The van der Waals surface area contributed by atoms with Gasteiger partial charge in [-0.15, -0.1) is 6.58 Å². The van der Waals surface area contributed by atoms with Crippen molar-refractivity contribution in [3.05, 3.63) is 84.4 Å². The maximum Gasteiger partial charge on any atom is 0.390 e. The van der Waals surface area contributed by atoms with Gasteiger partial charge in [0.15, 0.2) is 5.78 Å². The molecule has 0 heterocycles. The average Bonchev–Trinajstić information content (AvgIpc) is 2.54. The number of Topliss-reactive ketones (excluding diaryl/α,β-unsaturated/α-hetero) is 1.